The van der Waals surface area contributed by atoms with Crippen LogP contribution in [0.25, 0.3) is 10.9 Å². The Labute approximate surface area is 89.4 Å². The molecule has 0 bridgehead atoms. The Morgan fingerprint density at radius 3 is 2.47 bits per heavy atom. The SMILES string of the molecule is CCc1nc(N)c2cc(C)c(C)cc2n1. The first-order chi connectivity index (χ1) is 7.11. The van der Waals surface area contributed by atoms with E-state index in [1.165, 1.54) is 11.1 Å². The van der Waals surface area contributed by atoms with Gasteiger partial charge >= 0.3 is 0 Å². The highest BCUT2D eigenvalue weighted by Gasteiger charge is 2.05. The van der Waals surface area contributed by atoms with Gasteiger partial charge in [-0.3, -0.25) is 0 Å². The Balaban J connectivity index is 2.80. The number of nitrogens with two attached hydrogens (primary N) is 1. The predicted octanol–water partition coefficient (Wildman–Crippen LogP) is 2.39. The Morgan fingerprint density at radius 2 is 1.80 bits per heavy atom. The number of aromatic nitrogens is 2. The van der Waals surface area contributed by atoms with Crippen LogP contribution < -0.4 is 5.73 Å². The summed E-state index contributed by atoms with van der Waals surface area (Å²) in [6.07, 6.45) is 0.813. The van der Waals surface area contributed by atoms with E-state index >= 15 is 0 Å². The van der Waals surface area contributed by atoms with E-state index in [2.05, 4.69) is 35.9 Å². The van der Waals surface area contributed by atoms with Gasteiger partial charge in [-0.05, 0) is 37.1 Å². The van der Waals surface area contributed by atoms with Gasteiger partial charge in [0.15, 0.2) is 0 Å². The Hall–Kier alpha value is -1.64. The lowest BCUT2D eigenvalue weighted by Crippen LogP contribution is -2.00. The molecule has 0 aliphatic heterocycles. The van der Waals surface area contributed by atoms with E-state index < -0.39 is 0 Å². The van der Waals surface area contributed by atoms with E-state index in [4.69, 9.17) is 5.73 Å². The molecule has 2 N–H and O–H groups in total. The minimum atomic E-state index is 0.583. The van der Waals surface area contributed by atoms with E-state index in [1.54, 1.807) is 0 Å². The summed E-state index contributed by atoms with van der Waals surface area (Å²) in [5.41, 5.74) is 9.31. The van der Waals surface area contributed by atoms with Crippen LogP contribution in [0.4, 0.5) is 5.82 Å². The van der Waals surface area contributed by atoms with Gasteiger partial charge in [0.1, 0.15) is 11.6 Å². The molecule has 0 spiro atoms. The summed E-state index contributed by atoms with van der Waals surface area (Å²) in [5.74, 6) is 1.39. The van der Waals surface area contributed by atoms with Crippen molar-refractivity contribution in [3.8, 4) is 0 Å². The average Bonchev–Trinajstić information content (AvgIpc) is 2.21. The van der Waals surface area contributed by atoms with E-state index in [0.29, 0.717) is 5.82 Å². The van der Waals surface area contributed by atoms with Gasteiger partial charge in [0.05, 0.1) is 5.52 Å². The highest BCUT2D eigenvalue weighted by Crippen LogP contribution is 2.21. The summed E-state index contributed by atoms with van der Waals surface area (Å²) in [5, 5.41) is 0.954. The quantitative estimate of drug-likeness (QED) is 0.770. The van der Waals surface area contributed by atoms with E-state index in [-0.39, 0.29) is 0 Å². The topological polar surface area (TPSA) is 51.8 Å². The Bertz CT molecular complexity index is 518. The van der Waals surface area contributed by atoms with Crippen LogP contribution in [0.5, 0.6) is 0 Å². The summed E-state index contributed by atoms with van der Waals surface area (Å²) < 4.78 is 0. The van der Waals surface area contributed by atoms with Crippen LogP contribution in [0, 0.1) is 13.8 Å². The molecular weight excluding hydrogens is 186 g/mol. The third-order valence-electron chi connectivity index (χ3n) is 2.70. The molecule has 0 radical (unpaired) electrons. The summed E-state index contributed by atoms with van der Waals surface area (Å²) in [6.45, 7) is 6.18. The normalized spacial score (nSPS) is 10.9. The molecule has 0 fully saturated rings. The molecule has 1 heterocycles. The maximum Gasteiger partial charge on any atom is 0.135 e. The molecule has 2 aromatic rings. The van der Waals surface area contributed by atoms with E-state index in [0.717, 1.165) is 23.1 Å². The molecule has 0 saturated heterocycles. The van der Waals surface area contributed by atoms with Crippen LogP contribution in [0.3, 0.4) is 0 Å². The van der Waals surface area contributed by atoms with Gasteiger partial charge in [-0.2, -0.15) is 0 Å². The van der Waals surface area contributed by atoms with Crippen molar-refractivity contribution in [2.45, 2.75) is 27.2 Å². The summed E-state index contributed by atoms with van der Waals surface area (Å²) in [6, 6.07) is 4.13. The molecular formula is C12H15N3. The number of nitrogen functional groups attached to an aromatic ring is 1. The van der Waals surface area contributed by atoms with Crippen LogP contribution >= 0.6 is 0 Å². The zero-order valence-corrected chi connectivity index (χ0v) is 9.33. The third-order valence-corrected chi connectivity index (χ3v) is 2.70. The number of anilines is 1. The molecule has 0 atom stereocenters. The van der Waals surface area contributed by atoms with Crippen LogP contribution in [-0.2, 0) is 6.42 Å². The molecule has 0 unspecified atom stereocenters. The van der Waals surface area contributed by atoms with E-state index in [9.17, 15) is 0 Å². The molecule has 1 aromatic carbocycles. The van der Waals surface area contributed by atoms with Crippen molar-refractivity contribution in [1.82, 2.24) is 9.97 Å². The minimum Gasteiger partial charge on any atom is -0.383 e. The Morgan fingerprint density at radius 1 is 1.13 bits per heavy atom. The van der Waals surface area contributed by atoms with Crippen LogP contribution in [0.15, 0.2) is 12.1 Å². The van der Waals surface area contributed by atoms with Crippen molar-refractivity contribution in [3.63, 3.8) is 0 Å². The lowest BCUT2D eigenvalue weighted by Gasteiger charge is -2.06. The maximum atomic E-state index is 5.90. The number of rotatable bonds is 1. The van der Waals surface area contributed by atoms with Gasteiger partial charge in [0.2, 0.25) is 0 Å². The zero-order chi connectivity index (χ0) is 11.0. The predicted molar refractivity (Wildman–Crippen MR) is 62.8 cm³/mol. The van der Waals surface area contributed by atoms with Crippen molar-refractivity contribution in [1.29, 1.82) is 0 Å². The molecule has 15 heavy (non-hydrogen) atoms. The summed E-state index contributed by atoms with van der Waals surface area (Å²) >= 11 is 0. The minimum absolute atomic E-state index is 0.583. The molecule has 3 nitrogen and oxygen atoms in total. The van der Waals surface area contributed by atoms with E-state index in [1.807, 2.05) is 6.92 Å². The number of nitrogens with zero attached hydrogens (tertiary/aromatic N) is 2. The first-order valence-electron chi connectivity index (χ1n) is 5.15. The van der Waals surface area contributed by atoms with Gasteiger partial charge in [0, 0.05) is 11.8 Å². The van der Waals surface area contributed by atoms with Crippen molar-refractivity contribution in [2.75, 3.05) is 5.73 Å². The van der Waals surface area contributed by atoms with Crippen molar-refractivity contribution < 1.29 is 0 Å². The molecule has 78 valence electrons. The first kappa shape index (κ1) is 9.90. The number of hydrogen-bond donors (Lipinski definition) is 1. The second-order valence-electron chi connectivity index (χ2n) is 3.83. The van der Waals surface area contributed by atoms with Crippen LogP contribution in [0.2, 0.25) is 0 Å². The molecule has 3 heteroatoms. The maximum absolute atomic E-state index is 5.90. The molecule has 0 aliphatic rings. The second kappa shape index (κ2) is 3.50. The molecule has 2 rings (SSSR count). The lowest BCUT2D eigenvalue weighted by molar-refractivity contribution is 0.965. The highest BCUT2D eigenvalue weighted by atomic mass is 14.9. The number of benzene rings is 1. The van der Waals surface area contributed by atoms with Crippen LogP contribution in [-0.4, -0.2) is 9.97 Å². The van der Waals surface area contributed by atoms with Gasteiger partial charge in [-0.25, -0.2) is 9.97 Å². The summed E-state index contributed by atoms with van der Waals surface area (Å²) in [7, 11) is 0. The number of aryl methyl sites for hydroxylation is 3. The summed E-state index contributed by atoms with van der Waals surface area (Å²) in [4.78, 5) is 8.72. The lowest BCUT2D eigenvalue weighted by atomic mass is 10.1. The molecule has 0 amide bonds. The third kappa shape index (κ3) is 1.65. The van der Waals surface area contributed by atoms with Gasteiger partial charge in [-0.15, -0.1) is 0 Å². The fourth-order valence-electron chi connectivity index (χ4n) is 1.62. The fourth-order valence-corrected chi connectivity index (χ4v) is 1.62. The number of fused-ring (bicyclic) bond motifs is 1. The smallest absolute Gasteiger partial charge is 0.135 e. The van der Waals surface area contributed by atoms with Crippen molar-refractivity contribution in [3.05, 3.63) is 29.1 Å². The Kier molecular flexibility index (Phi) is 2.31. The highest BCUT2D eigenvalue weighted by molar-refractivity contribution is 5.89. The fraction of sp³-hybridized carbons (Fsp3) is 0.333. The van der Waals surface area contributed by atoms with Gasteiger partial charge in [0.25, 0.3) is 0 Å². The molecule has 0 saturated carbocycles. The average molecular weight is 201 g/mol. The largest absolute Gasteiger partial charge is 0.383 e. The molecule has 1 aromatic heterocycles. The monoisotopic (exact) mass is 201 g/mol. The van der Waals surface area contributed by atoms with Crippen molar-refractivity contribution >= 4 is 16.7 Å². The van der Waals surface area contributed by atoms with Crippen LogP contribution in [0.1, 0.15) is 23.9 Å². The number of hydrogen-bond acceptors (Lipinski definition) is 3. The zero-order valence-electron chi connectivity index (χ0n) is 9.33. The standard InChI is InChI=1S/C12H15N3/c1-4-11-14-10-6-8(3)7(2)5-9(10)12(13)15-11/h5-6H,4H2,1-3H3,(H2,13,14,15). The van der Waals surface area contributed by atoms with Gasteiger partial charge < -0.3 is 5.73 Å². The molecule has 0 aliphatic carbocycles. The second-order valence-corrected chi connectivity index (χ2v) is 3.83. The van der Waals surface area contributed by atoms with Crippen molar-refractivity contribution in [2.24, 2.45) is 0 Å². The van der Waals surface area contributed by atoms with Gasteiger partial charge in [-0.1, -0.05) is 6.92 Å². The first-order valence-corrected chi connectivity index (χ1v) is 5.15.